The van der Waals surface area contributed by atoms with Crippen LogP contribution in [-0.2, 0) is 11.2 Å². The molecule has 3 nitrogen and oxygen atoms in total. The lowest BCUT2D eigenvalue weighted by Crippen LogP contribution is -2.46. The lowest BCUT2D eigenvalue weighted by molar-refractivity contribution is -0.134. The molecule has 0 radical (unpaired) electrons. The number of piperidine rings is 1. The van der Waals surface area contributed by atoms with Gasteiger partial charge in [0, 0.05) is 13.1 Å². The van der Waals surface area contributed by atoms with Crippen molar-refractivity contribution < 1.29 is 9.90 Å². The van der Waals surface area contributed by atoms with Crippen LogP contribution in [0.4, 0.5) is 0 Å². The summed E-state index contributed by atoms with van der Waals surface area (Å²) >= 11 is 0. The first kappa shape index (κ1) is 12.1. The van der Waals surface area contributed by atoms with Gasteiger partial charge in [0.1, 0.15) is 0 Å². The first-order valence-corrected chi connectivity index (χ1v) is 6.16. The summed E-state index contributed by atoms with van der Waals surface area (Å²) in [4.78, 5) is 13.8. The standard InChI is InChI=1S/C14H19NO2/c1-11-7-8-15(10-13(11)16)14(17)9-12-5-3-2-4-6-12/h2-6,11,13,16H,7-10H2,1H3. The molecule has 1 aromatic rings. The Bertz CT molecular complexity index is 377. The topological polar surface area (TPSA) is 40.5 Å². The molecule has 2 rings (SSSR count). The molecule has 92 valence electrons. The van der Waals surface area contributed by atoms with E-state index in [0.717, 1.165) is 18.5 Å². The minimum Gasteiger partial charge on any atom is -0.391 e. The highest BCUT2D eigenvalue weighted by atomic mass is 16.3. The van der Waals surface area contributed by atoms with Gasteiger partial charge in [-0.15, -0.1) is 0 Å². The van der Waals surface area contributed by atoms with E-state index in [1.807, 2.05) is 37.3 Å². The normalized spacial score (nSPS) is 24.7. The van der Waals surface area contributed by atoms with E-state index >= 15 is 0 Å². The number of rotatable bonds is 2. The van der Waals surface area contributed by atoms with Gasteiger partial charge in [-0.25, -0.2) is 0 Å². The number of β-amino-alcohol motifs (C(OH)–C–C–N with tert-alkyl or cyclic N) is 1. The number of aliphatic hydroxyl groups excluding tert-OH is 1. The Morgan fingerprint density at radius 1 is 1.41 bits per heavy atom. The van der Waals surface area contributed by atoms with Crippen molar-refractivity contribution >= 4 is 5.91 Å². The van der Waals surface area contributed by atoms with Crippen molar-refractivity contribution in [1.82, 2.24) is 4.90 Å². The maximum Gasteiger partial charge on any atom is 0.227 e. The van der Waals surface area contributed by atoms with Gasteiger partial charge >= 0.3 is 0 Å². The number of aliphatic hydroxyl groups is 1. The highest BCUT2D eigenvalue weighted by Crippen LogP contribution is 2.17. The second kappa shape index (κ2) is 5.32. The van der Waals surface area contributed by atoms with Gasteiger partial charge in [0.15, 0.2) is 0 Å². The molecule has 1 fully saturated rings. The van der Waals surface area contributed by atoms with Crippen molar-refractivity contribution in [3.8, 4) is 0 Å². The van der Waals surface area contributed by atoms with Crippen molar-refractivity contribution in [3.63, 3.8) is 0 Å². The third-order valence-electron chi connectivity index (χ3n) is 3.47. The SMILES string of the molecule is CC1CCN(C(=O)Cc2ccccc2)CC1O. The summed E-state index contributed by atoms with van der Waals surface area (Å²) in [5.74, 6) is 0.415. The summed E-state index contributed by atoms with van der Waals surface area (Å²) in [5, 5.41) is 9.77. The maximum atomic E-state index is 12.0. The molecule has 1 amide bonds. The largest absolute Gasteiger partial charge is 0.391 e. The third-order valence-corrected chi connectivity index (χ3v) is 3.47. The van der Waals surface area contributed by atoms with Gasteiger partial charge < -0.3 is 10.0 Å². The molecule has 0 aromatic heterocycles. The molecular weight excluding hydrogens is 214 g/mol. The highest BCUT2D eigenvalue weighted by Gasteiger charge is 2.26. The molecule has 2 atom stereocenters. The van der Waals surface area contributed by atoms with Crippen LogP contribution in [0.15, 0.2) is 30.3 Å². The van der Waals surface area contributed by atoms with E-state index in [4.69, 9.17) is 0 Å². The van der Waals surface area contributed by atoms with E-state index < -0.39 is 0 Å². The lowest BCUT2D eigenvalue weighted by atomic mass is 9.95. The van der Waals surface area contributed by atoms with Crippen LogP contribution in [0.5, 0.6) is 0 Å². The Balaban J connectivity index is 1.93. The summed E-state index contributed by atoms with van der Waals surface area (Å²) in [6, 6.07) is 9.74. The molecule has 0 saturated carbocycles. The fraction of sp³-hybridized carbons (Fsp3) is 0.500. The third kappa shape index (κ3) is 3.07. The number of hydrogen-bond donors (Lipinski definition) is 1. The molecule has 1 aliphatic heterocycles. The van der Waals surface area contributed by atoms with Crippen LogP contribution in [0.3, 0.4) is 0 Å². The molecule has 3 heteroatoms. The van der Waals surface area contributed by atoms with Crippen molar-refractivity contribution in [1.29, 1.82) is 0 Å². The van der Waals surface area contributed by atoms with E-state index in [2.05, 4.69) is 0 Å². The van der Waals surface area contributed by atoms with Gasteiger partial charge in [0.25, 0.3) is 0 Å². The van der Waals surface area contributed by atoms with Crippen LogP contribution >= 0.6 is 0 Å². The Morgan fingerprint density at radius 2 is 2.12 bits per heavy atom. The molecular formula is C14H19NO2. The maximum absolute atomic E-state index is 12.0. The molecule has 17 heavy (non-hydrogen) atoms. The smallest absolute Gasteiger partial charge is 0.227 e. The summed E-state index contributed by atoms with van der Waals surface area (Å²) in [6.45, 7) is 3.28. The molecule has 2 unspecified atom stereocenters. The van der Waals surface area contributed by atoms with Crippen LogP contribution in [0, 0.1) is 5.92 Å². The van der Waals surface area contributed by atoms with Gasteiger partial charge in [0.2, 0.25) is 5.91 Å². The van der Waals surface area contributed by atoms with E-state index in [0.29, 0.717) is 18.9 Å². The Labute approximate surface area is 102 Å². The average Bonchev–Trinajstić information content (AvgIpc) is 2.34. The second-order valence-corrected chi connectivity index (χ2v) is 4.84. The fourth-order valence-corrected chi connectivity index (χ4v) is 2.16. The zero-order valence-corrected chi connectivity index (χ0v) is 10.2. The number of nitrogens with zero attached hydrogens (tertiary/aromatic N) is 1. The summed E-state index contributed by atoms with van der Waals surface area (Å²) in [5.41, 5.74) is 1.03. The molecule has 1 N–H and O–H groups in total. The zero-order chi connectivity index (χ0) is 12.3. The monoisotopic (exact) mass is 233 g/mol. The quantitative estimate of drug-likeness (QED) is 0.840. The minimum atomic E-state index is -0.372. The Morgan fingerprint density at radius 3 is 2.76 bits per heavy atom. The average molecular weight is 233 g/mol. The van der Waals surface area contributed by atoms with Crippen molar-refractivity contribution in [2.24, 2.45) is 5.92 Å². The van der Waals surface area contributed by atoms with Crippen molar-refractivity contribution in [2.75, 3.05) is 13.1 Å². The molecule has 1 aliphatic rings. The second-order valence-electron chi connectivity index (χ2n) is 4.84. The van der Waals surface area contributed by atoms with Gasteiger partial charge in [-0.1, -0.05) is 37.3 Å². The highest BCUT2D eigenvalue weighted by molar-refractivity contribution is 5.78. The minimum absolute atomic E-state index is 0.113. The molecule has 1 aromatic carbocycles. The summed E-state index contributed by atoms with van der Waals surface area (Å²) in [7, 11) is 0. The predicted molar refractivity (Wildman–Crippen MR) is 66.5 cm³/mol. The Hall–Kier alpha value is -1.35. The molecule has 0 bridgehead atoms. The van der Waals surface area contributed by atoms with E-state index in [1.165, 1.54) is 0 Å². The van der Waals surface area contributed by atoms with Gasteiger partial charge in [-0.05, 0) is 17.9 Å². The fourth-order valence-electron chi connectivity index (χ4n) is 2.16. The van der Waals surface area contributed by atoms with Gasteiger partial charge in [0.05, 0.1) is 12.5 Å². The summed E-state index contributed by atoms with van der Waals surface area (Å²) in [6.07, 6.45) is 0.951. The number of benzene rings is 1. The first-order chi connectivity index (χ1) is 8.16. The number of carbonyl (C=O) groups excluding carboxylic acids is 1. The number of likely N-dealkylation sites (tertiary alicyclic amines) is 1. The van der Waals surface area contributed by atoms with Crippen LogP contribution < -0.4 is 0 Å². The molecule has 1 saturated heterocycles. The lowest BCUT2D eigenvalue weighted by Gasteiger charge is -2.34. The predicted octanol–water partition coefficient (Wildman–Crippen LogP) is 1.46. The van der Waals surface area contributed by atoms with Gasteiger partial charge in [-0.3, -0.25) is 4.79 Å². The van der Waals surface area contributed by atoms with Crippen molar-refractivity contribution in [3.05, 3.63) is 35.9 Å². The van der Waals surface area contributed by atoms with Crippen LogP contribution in [-0.4, -0.2) is 35.1 Å². The van der Waals surface area contributed by atoms with E-state index in [9.17, 15) is 9.90 Å². The number of hydrogen-bond acceptors (Lipinski definition) is 2. The molecule has 1 heterocycles. The van der Waals surface area contributed by atoms with Crippen LogP contribution in [0.1, 0.15) is 18.9 Å². The molecule has 0 spiro atoms. The van der Waals surface area contributed by atoms with Crippen molar-refractivity contribution in [2.45, 2.75) is 25.9 Å². The van der Waals surface area contributed by atoms with E-state index in [-0.39, 0.29) is 12.0 Å². The van der Waals surface area contributed by atoms with E-state index in [1.54, 1.807) is 4.90 Å². The zero-order valence-electron chi connectivity index (χ0n) is 10.2. The van der Waals surface area contributed by atoms with Gasteiger partial charge in [-0.2, -0.15) is 0 Å². The number of amides is 1. The Kier molecular flexibility index (Phi) is 3.79. The summed E-state index contributed by atoms with van der Waals surface area (Å²) < 4.78 is 0. The van der Waals surface area contributed by atoms with Crippen LogP contribution in [0.2, 0.25) is 0 Å². The van der Waals surface area contributed by atoms with Crippen LogP contribution in [0.25, 0.3) is 0 Å². The molecule has 0 aliphatic carbocycles. The number of carbonyl (C=O) groups is 1. The first-order valence-electron chi connectivity index (χ1n) is 6.16.